The number of carbonyl (C=O) groups is 2. The molecule has 0 aliphatic carbocycles. The van der Waals surface area contributed by atoms with Crippen LogP contribution in [0.3, 0.4) is 0 Å². The van der Waals surface area contributed by atoms with Gasteiger partial charge in [-0.3, -0.25) is 9.59 Å². The van der Waals surface area contributed by atoms with Crippen LogP contribution in [0.4, 0.5) is 18.9 Å². The largest absolute Gasteiger partial charge is 0.497 e. The van der Waals surface area contributed by atoms with Crippen molar-refractivity contribution in [3.63, 3.8) is 0 Å². The summed E-state index contributed by atoms with van der Waals surface area (Å²) in [6.07, 6.45) is -4.64. The summed E-state index contributed by atoms with van der Waals surface area (Å²) >= 11 is 0. The van der Waals surface area contributed by atoms with Crippen LogP contribution in [0.2, 0.25) is 0 Å². The second-order valence-electron chi connectivity index (χ2n) is 8.41. The molecule has 2 amide bonds. The fourth-order valence-electron chi connectivity index (χ4n) is 3.98. The zero-order valence-corrected chi connectivity index (χ0v) is 19.8. The lowest BCUT2D eigenvalue weighted by molar-refractivity contribution is -0.139. The predicted octanol–water partition coefficient (Wildman–Crippen LogP) is 5.67. The van der Waals surface area contributed by atoms with Gasteiger partial charge in [0.15, 0.2) is 6.10 Å². The number of anilines is 1. The second-order valence-corrected chi connectivity index (χ2v) is 8.41. The van der Waals surface area contributed by atoms with Crippen LogP contribution in [0.1, 0.15) is 40.4 Å². The highest BCUT2D eigenvalue weighted by atomic mass is 19.4. The molecule has 0 fully saturated rings. The number of methoxy groups -OCH3 is 1. The summed E-state index contributed by atoms with van der Waals surface area (Å²) in [5, 5.41) is 2.71. The molecule has 1 aliphatic rings. The molecular weight excluding hydrogens is 473 g/mol. The van der Waals surface area contributed by atoms with Crippen LogP contribution in [0.5, 0.6) is 11.5 Å². The van der Waals surface area contributed by atoms with Crippen molar-refractivity contribution in [2.45, 2.75) is 38.7 Å². The van der Waals surface area contributed by atoms with Crippen LogP contribution in [0.15, 0.2) is 66.7 Å². The maximum absolute atomic E-state index is 13.2. The Bertz CT molecular complexity index is 1260. The molecule has 4 rings (SSSR count). The molecule has 9 heteroatoms. The van der Waals surface area contributed by atoms with Gasteiger partial charge in [-0.05, 0) is 66.6 Å². The van der Waals surface area contributed by atoms with Gasteiger partial charge in [-0.2, -0.15) is 13.2 Å². The van der Waals surface area contributed by atoms with E-state index in [-0.39, 0.29) is 18.0 Å². The molecule has 3 aromatic carbocycles. The van der Waals surface area contributed by atoms with Crippen LogP contribution < -0.4 is 14.8 Å². The molecule has 0 aromatic heterocycles. The SMILES string of the molecule is CC[C@H]1Oc2ccc(NC(=O)c3ccc(C(F)(F)F)cc3)cc2CN(Cc2cccc(OC)c2)C1=O. The van der Waals surface area contributed by atoms with Gasteiger partial charge in [-0.15, -0.1) is 0 Å². The van der Waals surface area contributed by atoms with E-state index < -0.39 is 23.8 Å². The van der Waals surface area contributed by atoms with E-state index in [0.717, 1.165) is 29.8 Å². The maximum atomic E-state index is 13.2. The Morgan fingerprint density at radius 1 is 1.11 bits per heavy atom. The lowest BCUT2D eigenvalue weighted by Crippen LogP contribution is -2.38. The van der Waals surface area contributed by atoms with Crippen molar-refractivity contribution < 1.29 is 32.2 Å². The van der Waals surface area contributed by atoms with Gasteiger partial charge in [0, 0.05) is 29.9 Å². The van der Waals surface area contributed by atoms with E-state index >= 15 is 0 Å². The molecule has 6 nitrogen and oxygen atoms in total. The van der Waals surface area contributed by atoms with E-state index in [0.29, 0.717) is 35.7 Å². The van der Waals surface area contributed by atoms with Gasteiger partial charge in [-0.1, -0.05) is 19.1 Å². The molecule has 0 saturated heterocycles. The first kappa shape index (κ1) is 25.1. The molecule has 188 valence electrons. The van der Waals surface area contributed by atoms with Gasteiger partial charge in [0.25, 0.3) is 11.8 Å². The monoisotopic (exact) mass is 498 g/mol. The van der Waals surface area contributed by atoms with E-state index in [4.69, 9.17) is 9.47 Å². The van der Waals surface area contributed by atoms with Crippen molar-refractivity contribution in [2.24, 2.45) is 0 Å². The number of rotatable bonds is 6. The molecule has 1 atom stereocenters. The van der Waals surface area contributed by atoms with Gasteiger partial charge < -0.3 is 19.7 Å². The van der Waals surface area contributed by atoms with Crippen molar-refractivity contribution in [3.05, 3.63) is 89.0 Å². The van der Waals surface area contributed by atoms with Gasteiger partial charge in [0.1, 0.15) is 11.5 Å². The molecule has 1 N–H and O–H groups in total. The average molecular weight is 499 g/mol. The summed E-state index contributed by atoms with van der Waals surface area (Å²) in [6, 6.07) is 16.5. The first-order valence-electron chi connectivity index (χ1n) is 11.4. The number of halogens is 3. The first-order valence-corrected chi connectivity index (χ1v) is 11.4. The number of carbonyl (C=O) groups excluding carboxylic acids is 2. The van der Waals surface area contributed by atoms with Crippen molar-refractivity contribution in [1.82, 2.24) is 4.90 Å². The minimum atomic E-state index is -4.48. The second kappa shape index (κ2) is 10.3. The smallest absolute Gasteiger partial charge is 0.416 e. The quantitative estimate of drug-likeness (QED) is 0.476. The number of benzene rings is 3. The van der Waals surface area contributed by atoms with E-state index in [1.807, 2.05) is 31.2 Å². The normalized spacial score (nSPS) is 15.5. The maximum Gasteiger partial charge on any atom is 0.416 e. The lowest BCUT2D eigenvalue weighted by atomic mass is 10.1. The van der Waals surface area contributed by atoms with Crippen LogP contribution in [0, 0.1) is 0 Å². The zero-order valence-electron chi connectivity index (χ0n) is 19.8. The number of hydrogen-bond acceptors (Lipinski definition) is 4. The van der Waals surface area contributed by atoms with Crippen molar-refractivity contribution in [1.29, 1.82) is 0 Å². The van der Waals surface area contributed by atoms with Crippen LogP contribution in [0.25, 0.3) is 0 Å². The Labute approximate surface area is 206 Å². The molecular formula is C27H25F3N2O4. The Balaban J connectivity index is 1.55. The van der Waals surface area contributed by atoms with E-state index in [1.54, 1.807) is 30.2 Å². The molecule has 36 heavy (non-hydrogen) atoms. The molecule has 1 heterocycles. The summed E-state index contributed by atoms with van der Waals surface area (Å²) in [5.74, 6) is 0.531. The number of amides is 2. The molecule has 0 spiro atoms. The number of ether oxygens (including phenoxy) is 2. The van der Waals surface area contributed by atoms with Gasteiger partial charge >= 0.3 is 6.18 Å². The molecule has 1 aliphatic heterocycles. The van der Waals surface area contributed by atoms with Crippen molar-refractivity contribution in [3.8, 4) is 11.5 Å². The minimum Gasteiger partial charge on any atom is -0.497 e. The highest BCUT2D eigenvalue weighted by molar-refractivity contribution is 6.04. The lowest BCUT2D eigenvalue weighted by Gasteiger charge is -2.23. The Kier molecular flexibility index (Phi) is 7.19. The molecule has 0 unspecified atom stereocenters. The first-order chi connectivity index (χ1) is 17.2. The Hall–Kier alpha value is -4.01. The van der Waals surface area contributed by atoms with Crippen LogP contribution in [-0.2, 0) is 24.1 Å². The van der Waals surface area contributed by atoms with E-state index in [2.05, 4.69) is 5.32 Å². The average Bonchev–Trinajstić information content (AvgIpc) is 2.99. The third-order valence-electron chi connectivity index (χ3n) is 5.89. The molecule has 3 aromatic rings. The molecule has 0 bridgehead atoms. The Morgan fingerprint density at radius 2 is 1.86 bits per heavy atom. The third-order valence-corrected chi connectivity index (χ3v) is 5.89. The predicted molar refractivity (Wildman–Crippen MR) is 128 cm³/mol. The molecule has 0 saturated carbocycles. The Morgan fingerprint density at radius 3 is 2.53 bits per heavy atom. The topological polar surface area (TPSA) is 67.9 Å². The number of fused-ring (bicyclic) bond motifs is 1. The van der Waals surface area contributed by atoms with Crippen molar-refractivity contribution >= 4 is 17.5 Å². The van der Waals surface area contributed by atoms with Crippen molar-refractivity contribution in [2.75, 3.05) is 12.4 Å². The fraction of sp³-hybridized carbons (Fsp3) is 0.259. The highest BCUT2D eigenvalue weighted by Crippen LogP contribution is 2.31. The number of nitrogens with one attached hydrogen (secondary N) is 1. The van der Waals surface area contributed by atoms with Crippen LogP contribution in [-0.4, -0.2) is 29.9 Å². The zero-order chi connectivity index (χ0) is 25.9. The fourth-order valence-corrected chi connectivity index (χ4v) is 3.98. The highest BCUT2D eigenvalue weighted by Gasteiger charge is 2.31. The number of hydrogen-bond donors (Lipinski definition) is 1. The number of alkyl halides is 3. The summed E-state index contributed by atoms with van der Waals surface area (Å²) in [7, 11) is 1.58. The third kappa shape index (κ3) is 5.62. The standard InChI is InChI=1S/C27H25F3N2O4/c1-3-23-26(34)32(15-17-5-4-6-22(13-17)35-2)16-19-14-21(11-12-24(19)36-23)31-25(33)18-7-9-20(10-8-18)27(28,29)30/h4-14,23H,3,15-16H2,1-2H3,(H,31,33)/t23-/m1/s1. The van der Waals surface area contributed by atoms with Gasteiger partial charge in [0.2, 0.25) is 0 Å². The van der Waals surface area contributed by atoms with Gasteiger partial charge in [-0.25, -0.2) is 0 Å². The van der Waals surface area contributed by atoms with E-state index in [1.165, 1.54) is 0 Å². The summed E-state index contributed by atoms with van der Waals surface area (Å²) < 4.78 is 49.7. The minimum absolute atomic E-state index is 0.0927. The molecule has 0 radical (unpaired) electrons. The van der Waals surface area contributed by atoms with Gasteiger partial charge in [0.05, 0.1) is 12.7 Å². The summed E-state index contributed by atoms with van der Waals surface area (Å²) in [6.45, 7) is 2.47. The van der Waals surface area contributed by atoms with E-state index in [9.17, 15) is 22.8 Å². The summed E-state index contributed by atoms with van der Waals surface area (Å²) in [5.41, 5.74) is 1.30. The van der Waals surface area contributed by atoms with Crippen LogP contribution >= 0.6 is 0 Å². The number of nitrogens with zero attached hydrogens (tertiary/aromatic N) is 1. The summed E-state index contributed by atoms with van der Waals surface area (Å²) in [4.78, 5) is 27.5.